The van der Waals surface area contributed by atoms with E-state index in [4.69, 9.17) is 23.2 Å². The molecule has 3 aromatic rings. The van der Waals surface area contributed by atoms with Gasteiger partial charge in [0.15, 0.2) is 16.6 Å². The Hall–Kier alpha value is -2.52. The van der Waals surface area contributed by atoms with Gasteiger partial charge in [0.05, 0.1) is 15.5 Å². The number of fused-ring (bicyclic) bond motifs is 2. The highest BCUT2D eigenvalue weighted by Crippen LogP contribution is 2.37. The lowest BCUT2D eigenvalue weighted by Gasteiger charge is -2.03. The van der Waals surface area contributed by atoms with E-state index in [0.29, 0.717) is 0 Å². The molecule has 9 nitrogen and oxygen atoms in total. The number of hydrogen-bond donors (Lipinski definition) is 2. The summed E-state index contributed by atoms with van der Waals surface area (Å²) in [5, 5.41) is 14.8. The van der Waals surface area contributed by atoms with E-state index in [2.05, 4.69) is 20.2 Å². The quantitative estimate of drug-likeness (QED) is 0.393. The molecule has 0 atom stereocenters. The number of aromatic nitrogens is 4. The largest absolute Gasteiger partial charge is 0.317 e. The van der Waals surface area contributed by atoms with Crippen molar-refractivity contribution in [1.82, 2.24) is 20.2 Å². The van der Waals surface area contributed by atoms with Crippen molar-refractivity contribution < 1.29 is 4.92 Å². The van der Waals surface area contributed by atoms with E-state index in [9.17, 15) is 19.7 Å². The average Bonchev–Trinajstić information content (AvgIpc) is 2.43. The van der Waals surface area contributed by atoms with Crippen molar-refractivity contribution in [3.63, 3.8) is 0 Å². The van der Waals surface area contributed by atoms with Gasteiger partial charge in [-0.15, -0.1) is 0 Å². The first-order valence-electron chi connectivity index (χ1n) is 5.35. The highest BCUT2D eigenvalue weighted by atomic mass is 35.5. The maximum absolute atomic E-state index is 11.7. The Labute approximate surface area is 123 Å². The van der Waals surface area contributed by atoms with Crippen LogP contribution in [0.2, 0.25) is 10.0 Å². The molecule has 3 rings (SSSR count). The van der Waals surface area contributed by atoms with Gasteiger partial charge in [-0.1, -0.05) is 23.2 Å². The number of H-pyrrole nitrogens is 2. The monoisotopic (exact) mass is 327 g/mol. The predicted molar refractivity (Wildman–Crippen MR) is 75.0 cm³/mol. The standard InChI is InChI=1S/C10H3Cl2N5O4/c11-2-1-3-5(8(4(2)12)17(20)21)14-7-6(13-3)9(18)15-16-10(7)19/h1H,(H,15,18)(H,16,19). The molecule has 106 valence electrons. The van der Waals surface area contributed by atoms with E-state index >= 15 is 0 Å². The molecule has 0 radical (unpaired) electrons. The summed E-state index contributed by atoms with van der Waals surface area (Å²) >= 11 is 11.6. The highest BCUT2D eigenvalue weighted by molar-refractivity contribution is 6.44. The Morgan fingerprint density at radius 3 is 2.19 bits per heavy atom. The minimum absolute atomic E-state index is 0.0142. The third kappa shape index (κ3) is 1.94. The van der Waals surface area contributed by atoms with Gasteiger partial charge in [0.25, 0.3) is 11.1 Å². The van der Waals surface area contributed by atoms with Crippen LogP contribution in [-0.4, -0.2) is 25.1 Å². The molecule has 0 aliphatic heterocycles. The molecule has 0 aliphatic carbocycles. The molecule has 1 aromatic carbocycles. The number of rotatable bonds is 1. The minimum atomic E-state index is -0.779. The van der Waals surface area contributed by atoms with E-state index in [1.54, 1.807) is 0 Å². The number of benzene rings is 1. The van der Waals surface area contributed by atoms with Crippen LogP contribution in [0.1, 0.15) is 0 Å². The molecule has 2 heterocycles. The summed E-state index contributed by atoms with van der Waals surface area (Å²) in [5.41, 5.74) is -2.82. The molecule has 0 aliphatic rings. The van der Waals surface area contributed by atoms with Crippen molar-refractivity contribution in [2.24, 2.45) is 0 Å². The van der Waals surface area contributed by atoms with Crippen LogP contribution in [0.15, 0.2) is 15.7 Å². The van der Waals surface area contributed by atoms with Crippen LogP contribution in [0.5, 0.6) is 0 Å². The van der Waals surface area contributed by atoms with E-state index in [1.165, 1.54) is 6.07 Å². The van der Waals surface area contributed by atoms with Crippen molar-refractivity contribution in [2.75, 3.05) is 0 Å². The highest BCUT2D eigenvalue weighted by Gasteiger charge is 2.24. The van der Waals surface area contributed by atoms with E-state index in [1.807, 2.05) is 0 Å². The Kier molecular flexibility index (Phi) is 2.88. The van der Waals surface area contributed by atoms with Gasteiger partial charge in [-0.05, 0) is 6.07 Å². The number of nitrogens with one attached hydrogen (secondary N) is 2. The van der Waals surface area contributed by atoms with Gasteiger partial charge in [-0.25, -0.2) is 9.97 Å². The predicted octanol–water partition coefficient (Wildman–Crippen LogP) is 1.37. The summed E-state index contributed by atoms with van der Waals surface area (Å²) in [5.74, 6) is 0. The van der Waals surface area contributed by atoms with Crippen LogP contribution in [0.3, 0.4) is 0 Å². The van der Waals surface area contributed by atoms with Crippen molar-refractivity contribution in [2.45, 2.75) is 0 Å². The van der Waals surface area contributed by atoms with Gasteiger partial charge in [-0.3, -0.25) is 29.9 Å². The Balaban J connectivity index is 2.65. The first-order valence-corrected chi connectivity index (χ1v) is 6.10. The Morgan fingerprint density at radius 2 is 1.62 bits per heavy atom. The van der Waals surface area contributed by atoms with Gasteiger partial charge in [0.1, 0.15) is 5.02 Å². The van der Waals surface area contributed by atoms with Gasteiger partial charge < -0.3 is 0 Å². The van der Waals surface area contributed by atoms with Crippen LogP contribution in [-0.2, 0) is 0 Å². The molecule has 2 N–H and O–H groups in total. The summed E-state index contributed by atoms with van der Waals surface area (Å²) < 4.78 is 0. The minimum Gasteiger partial charge on any atom is -0.266 e. The molecule has 0 saturated heterocycles. The van der Waals surface area contributed by atoms with Crippen LogP contribution in [0, 0.1) is 10.1 Å². The maximum atomic E-state index is 11.7. The molecule has 0 spiro atoms. The third-order valence-corrected chi connectivity index (χ3v) is 3.51. The fourth-order valence-electron chi connectivity index (χ4n) is 1.84. The third-order valence-electron chi connectivity index (χ3n) is 2.73. The van der Waals surface area contributed by atoms with E-state index < -0.39 is 21.7 Å². The van der Waals surface area contributed by atoms with Crippen LogP contribution in [0.25, 0.3) is 22.1 Å². The van der Waals surface area contributed by atoms with Crippen LogP contribution < -0.4 is 11.1 Å². The number of halogens is 2. The summed E-state index contributed by atoms with van der Waals surface area (Å²) in [6.45, 7) is 0. The number of nitrogens with zero attached hydrogens (tertiary/aromatic N) is 3. The molecule has 0 unspecified atom stereocenters. The Morgan fingerprint density at radius 1 is 1.05 bits per heavy atom. The molecular weight excluding hydrogens is 325 g/mol. The molecule has 11 heteroatoms. The zero-order valence-corrected chi connectivity index (χ0v) is 11.3. The van der Waals surface area contributed by atoms with Crippen LogP contribution in [0.4, 0.5) is 5.69 Å². The summed E-state index contributed by atoms with van der Waals surface area (Å²) in [6.07, 6.45) is 0. The molecule has 0 amide bonds. The average molecular weight is 328 g/mol. The molecule has 0 saturated carbocycles. The number of hydrogen-bond acceptors (Lipinski definition) is 6. The summed E-state index contributed by atoms with van der Waals surface area (Å²) in [7, 11) is 0. The van der Waals surface area contributed by atoms with Crippen LogP contribution >= 0.6 is 23.2 Å². The number of nitro groups is 1. The summed E-state index contributed by atoms with van der Waals surface area (Å²) in [6, 6.07) is 1.24. The van der Waals surface area contributed by atoms with Crippen molar-refractivity contribution in [3.05, 3.63) is 46.9 Å². The first kappa shape index (κ1) is 13.5. The molecular formula is C10H3Cl2N5O4. The second kappa shape index (κ2) is 4.50. The zero-order valence-electron chi connectivity index (χ0n) is 9.81. The Bertz CT molecular complexity index is 1040. The SMILES string of the molecule is O=c1[nH][nH]c(=O)c2nc3c([N+](=O)[O-])c(Cl)c(Cl)cc3nc12. The van der Waals surface area contributed by atoms with Gasteiger partial charge in [0, 0.05) is 0 Å². The second-order valence-electron chi connectivity index (χ2n) is 3.97. The maximum Gasteiger partial charge on any atom is 0.317 e. The number of nitro benzene ring substituents is 1. The van der Waals surface area contributed by atoms with E-state index in [-0.39, 0.29) is 32.1 Å². The van der Waals surface area contributed by atoms with Crippen molar-refractivity contribution >= 4 is 51.0 Å². The smallest absolute Gasteiger partial charge is 0.266 e. The zero-order chi connectivity index (χ0) is 15.3. The van der Waals surface area contributed by atoms with E-state index in [0.717, 1.165) is 0 Å². The lowest BCUT2D eigenvalue weighted by molar-refractivity contribution is -0.383. The molecule has 2 aromatic heterocycles. The van der Waals surface area contributed by atoms with Crippen molar-refractivity contribution in [3.8, 4) is 0 Å². The topological polar surface area (TPSA) is 135 Å². The molecule has 0 bridgehead atoms. The van der Waals surface area contributed by atoms with Gasteiger partial charge >= 0.3 is 5.69 Å². The lowest BCUT2D eigenvalue weighted by atomic mass is 10.2. The normalized spacial score (nSPS) is 11.1. The molecule has 0 fully saturated rings. The second-order valence-corrected chi connectivity index (χ2v) is 4.76. The summed E-state index contributed by atoms with van der Waals surface area (Å²) in [4.78, 5) is 41.4. The van der Waals surface area contributed by atoms with Gasteiger partial charge in [-0.2, -0.15) is 0 Å². The lowest BCUT2D eigenvalue weighted by Crippen LogP contribution is -2.21. The van der Waals surface area contributed by atoms with Crippen molar-refractivity contribution in [1.29, 1.82) is 0 Å². The molecule has 21 heavy (non-hydrogen) atoms. The first-order chi connectivity index (χ1) is 9.90. The number of aromatic amines is 2. The fourth-order valence-corrected chi connectivity index (χ4v) is 2.24. The van der Waals surface area contributed by atoms with Gasteiger partial charge in [0.2, 0.25) is 0 Å². The fraction of sp³-hybridized carbons (Fsp3) is 0.